The summed E-state index contributed by atoms with van der Waals surface area (Å²) in [6.45, 7) is 7.16. The second-order valence-corrected chi connectivity index (χ2v) is 5.79. The van der Waals surface area contributed by atoms with Gasteiger partial charge < -0.3 is 10.4 Å². The van der Waals surface area contributed by atoms with Gasteiger partial charge in [-0.3, -0.25) is 0 Å². The lowest BCUT2D eigenvalue weighted by atomic mass is 10.0. The van der Waals surface area contributed by atoms with Crippen molar-refractivity contribution in [3.05, 3.63) is 35.4 Å². The average Bonchev–Trinajstić information content (AvgIpc) is 2.49. The zero-order valence-electron chi connectivity index (χ0n) is 13.4. The van der Waals surface area contributed by atoms with Crippen LogP contribution in [0.25, 0.3) is 0 Å². The highest BCUT2D eigenvalue weighted by molar-refractivity contribution is 5.24. The fraction of sp³-hybridized carbons (Fsp3) is 0.667. The van der Waals surface area contributed by atoms with Gasteiger partial charge in [0, 0.05) is 12.6 Å². The third kappa shape index (κ3) is 6.53. The second kappa shape index (κ2) is 9.95. The van der Waals surface area contributed by atoms with Crippen molar-refractivity contribution < 1.29 is 5.11 Å². The number of aryl methyl sites for hydroxylation is 1. The highest BCUT2D eigenvalue weighted by atomic mass is 16.3. The summed E-state index contributed by atoms with van der Waals surface area (Å²) in [6, 6.07) is 8.92. The Labute approximate surface area is 124 Å². The molecular formula is C18H31NO. The van der Waals surface area contributed by atoms with Gasteiger partial charge in [0.2, 0.25) is 0 Å². The van der Waals surface area contributed by atoms with Gasteiger partial charge in [-0.05, 0) is 37.3 Å². The summed E-state index contributed by atoms with van der Waals surface area (Å²) >= 11 is 0. The summed E-state index contributed by atoms with van der Waals surface area (Å²) < 4.78 is 0. The number of unbranched alkanes of at least 4 members (excludes halogenated alkanes) is 3. The summed E-state index contributed by atoms with van der Waals surface area (Å²) in [6.07, 6.45) is 7.04. The Balaban J connectivity index is 2.37. The van der Waals surface area contributed by atoms with Crippen LogP contribution in [0.3, 0.4) is 0 Å². The molecule has 2 atom stereocenters. The molecular weight excluding hydrogens is 246 g/mol. The van der Waals surface area contributed by atoms with Crippen molar-refractivity contribution in [2.24, 2.45) is 0 Å². The van der Waals surface area contributed by atoms with Crippen LogP contribution in [0.4, 0.5) is 0 Å². The van der Waals surface area contributed by atoms with Gasteiger partial charge in [0.15, 0.2) is 0 Å². The number of aliphatic hydroxyl groups is 1. The minimum atomic E-state index is -0.404. The van der Waals surface area contributed by atoms with Crippen LogP contribution in [0.5, 0.6) is 0 Å². The predicted molar refractivity (Wildman–Crippen MR) is 87.0 cm³/mol. The standard InChI is InChI=1S/C18H31NO/c1-4-6-7-8-9-16-10-12-17(13-11-16)18(20)14-19-15(3)5-2/h10-13,15,18-20H,4-9,14H2,1-3H3. The lowest BCUT2D eigenvalue weighted by Crippen LogP contribution is -2.29. The molecule has 2 N–H and O–H groups in total. The molecule has 0 saturated heterocycles. The van der Waals surface area contributed by atoms with E-state index < -0.39 is 6.10 Å². The Hall–Kier alpha value is -0.860. The van der Waals surface area contributed by atoms with Gasteiger partial charge in [0.25, 0.3) is 0 Å². The van der Waals surface area contributed by atoms with E-state index in [4.69, 9.17) is 0 Å². The Morgan fingerprint density at radius 2 is 1.75 bits per heavy atom. The van der Waals surface area contributed by atoms with Crippen LogP contribution in [-0.2, 0) is 6.42 Å². The summed E-state index contributed by atoms with van der Waals surface area (Å²) in [5, 5.41) is 13.5. The Kier molecular flexibility index (Phi) is 8.56. The maximum atomic E-state index is 10.1. The fourth-order valence-electron chi connectivity index (χ4n) is 2.24. The summed E-state index contributed by atoms with van der Waals surface area (Å²) in [5.41, 5.74) is 2.39. The Morgan fingerprint density at radius 3 is 2.35 bits per heavy atom. The third-order valence-corrected chi connectivity index (χ3v) is 3.96. The molecule has 1 rings (SSSR count). The van der Waals surface area contributed by atoms with Gasteiger partial charge in [-0.2, -0.15) is 0 Å². The molecule has 0 amide bonds. The van der Waals surface area contributed by atoms with Gasteiger partial charge in [0.1, 0.15) is 0 Å². The minimum Gasteiger partial charge on any atom is -0.387 e. The van der Waals surface area contributed by atoms with Crippen molar-refractivity contribution >= 4 is 0 Å². The molecule has 1 aromatic rings. The molecule has 0 heterocycles. The highest BCUT2D eigenvalue weighted by Gasteiger charge is 2.08. The number of rotatable bonds is 10. The fourth-order valence-corrected chi connectivity index (χ4v) is 2.24. The molecule has 0 spiro atoms. The quantitative estimate of drug-likeness (QED) is 0.627. The molecule has 0 aliphatic rings. The molecule has 0 radical (unpaired) electrons. The van der Waals surface area contributed by atoms with Crippen LogP contribution >= 0.6 is 0 Å². The molecule has 20 heavy (non-hydrogen) atoms. The summed E-state index contributed by atoms with van der Waals surface area (Å²) in [4.78, 5) is 0. The first-order valence-electron chi connectivity index (χ1n) is 8.17. The number of benzene rings is 1. The molecule has 0 saturated carbocycles. The van der Waals surface area contributed by atoms with Gasteiger partial charge in [-0.1, -0.05) is 57.4 Å². The first-order chi connectivity index (χ1) is 9.67. The molecule has 0 aliphatic heterocycles. The van der Waals surface area contributed by atoms with Crippen molar-refractivity contribution in [1.82, 2.24) is 5.32 Å². The predicted octanol–water partition coefficient (Wildman–Crippen LogP) is 4.23. The maximum absolute atomic E-state index is 10.1. The summed E-state index contributed by atoms with van der Waals surface area (Å²) in [7, 11) is 0. The molecule has 0 bridgehead atoms. The number of hydrogen-bond donors (Lipinski definition) is 2. The average molecular weight is 277 g/mol. The van der Waals surface area contributed by atoms with E-state index in [1.807, 2.05) is 0 Å². The van der Waals surface area contributed by atoms with E-state index in [0.717, 1.165) is 18.4 Å². The van der Waals surface area contributed by atoms with Crippen LogP contribution < -0.4 is 5.32 Å². The van der Waals surface area contributed by atoms with Crippen LogP contribution in [0.2, 0.25) is 0 Å². The maximum Gasteiger partial charge on any atom is 0.0914 e. The van der Waals surface area contributed by atoms with Crippen LogP contribution in [0.1, 0.15) is 70.1 Å². The van der Waals surface area contributed by atoms with Crippen LogP contribution in [0, 0.1) is 0 Å². The Morgan fingerprint density at radius 1 is 1.05 bits per heavy atom. The van der Waals surface area contributed by atoms with Crippen molar-refractivity contribution in [1.29, 1.82) is 0 Å². The van der Waals surface area contributed by atoms with Crippen molar-refractivity contribution in [2.45, 2.75) is 71.4 Å². The molecule has 1 aromatic carbocycles. The first kappa shape index (κ1) is 17.2. The van der Waals surface area contributed by atoms with Crippen molar-refractivity contribution in [3.8, 4) is 0 Å². The van der Waals surface area contributed by atoms with Gasteiger partial charge >= 0.3 is 0 Å². The molecule has 114 valence electrons. The third-order valence-electron chi connectivity index (χ3n) is 3.96. The lowest BCUT2D eigenvalue weighted by Gasteiger charge is -2.16. The SMILES string of the molecule is CCCCCCc1ccc(C(O)CNC(C)CC)cc1. The van der Waals surface area contributed by atoms with E-state index >= 15 is 0 Å². The van der Waals surface area contributed by atoms with Gasteiger partial charge in [0.05, 0.1) is 6.10 Å². The number of aliphatic hydroxyl groups excluding tert-OH is 1. The zero-order valence-corrected chi connectivity index (χ0v) is 13.4. The zero-order chi connectivity index (χ0) is 14.8. The van der Waals surface area contributed by atoms with Crippen molar-refractivity contribution in [3.63, 3.8) is 0 Å². The molecule has 0 aliphatic carbocycles. The first-order valence-corrected chi connectivity index (χ1v) is 8.17. The monoisotopic (exact) mass is 277 g/mol. The smallest absolute Gasteiger partial charge is 0.0914 e. The Bertz CT molecular complexity index is 347. The van der Waals surface area contributed by atoms with Crippen molar-refractivity contribution in [2.75, 3.05) is 6.54 Å². The normalized spacial score (nSPS) is 14.2. The largest absolute Gasteiger partial charge is 0.387 e. The minimum absolute atomic E-state index is 0.404. The molecule has 2 heteroatoms. The molecule has 2 unspecified atom stereocenters. The second-order valence-electron chi connectivity index (χ2n) is 5.79. The van der Waals surface area contributed by atoms with Gasteiger partial charge in [-0.25, -0.2) is 0 Å². The van der Waals surface area contributed by atoms with Gasteiger partial charge in [-0.15, -0.1) is 0 Å². The van der Waals surface area contributed by atoms with E-state index in [1.54, 1.807) is 0 Å². The van der Waals surface area contributed by atoms with E-state index in [9.17, 15) is 5.11 Å². The highest BCUT2D eigenvalue weighted by Crippen LogP contribution is 2.15. The number of hydrogen-bond acceptors (Lipinski definition) is 2. The van der Waals surface area contributed by atoms with Crippen LogP contribution in [-0.4, -0.2) is 17.7 Å². The van der Waals surface area contributed by atoms with E-state index in [0.29, 0.717) is 12.6 Å². The van der Waals surface area contributed by atoms with E-state index in [-0.39, 0.29) is 0 Å². The van der Waals surface area contributed by atoms with E-state index in [2.05, 4.69) is 50.4 Å². The molecule has 0 fully saturated rings. The number of nitrogens with one attached hydrogen (secondary N) is 1. The molecule has 2 nitrogen and oxygen atoms in total. The lowest BCUT2D eigenvalue weighted by molar-refractivity contribution is 0.170. The van der Waals surface area contributed by atoms with E-state index in [1.165, 1.54) is 31.2 Å². The summed E-state index contributed by atoms with van der Waals surface area (Å²) in [5.74, 6) is 0. The molecule has 0 aromatic heterocycles. The topological polar surface area (TPSA) is 32.3 Å². The van der Waals surface area contributed by atoms with Crippen LogP contribution in [0.15, 0.2) is 24.3 Å².